The number of hydrogen-bond acceptors (Lipinski definition) is 5. The van der Waals surface area contributed by atoms with Gasteiger partial charge in [-0.05, 0) is 17.2 Å². The Kier molecular flexibility index (Phi) is 4.04. The first-order valence-corrected chi connectivity index (χ1v) is 5.72. The summed E-state index contributed by atoms with van der Waals surface area (Å²) in [6.45, 7) is 0.434. The number of aliphatic hydroxyl groups is 1. The van der Waals surface area contributed by atoms with Crippen LogP contribution >= 0.6 is 0 Å². The molecule has 0 unspecified atom stereocenters. The fourth-order valence-corrected chi connectivity index (χ4v) is 1.63. The van der Waals surface area contributed by atoms with Gasteiger partial charge in [0, 0.05) is 18.8 Å². The molecule has 2 N–H and O–H groups in total. The van der Waals surface area contributed by atoms with Crippen LogP contribution in [0.25, 0.3) is 0 Å². The Morgan fingerprint density at radius 2 is 1.89 bits per heavy atom. The third kappa shape index (κ3) is 3.26. The first kappa shape index (κ1) is 13.0. The summed E-state index contributed by atoms with van der Waals surface area (Å²) in [6.07, 6.45) is 1.50. The molecule has 0 saturated heterocycles. The fraction of sp³-hybridized carbons (Fsp3) is 0.154. The van der Waals surface area contributed by atoms with Crippen molar-refractivity contribution in [2.45, 2.75) is 13.2 Å². The van der Waals surface area contributed by atoms with Crippen LogP contribution in [0.1, 0.15) is 11.1 Å². The van der Waals surface area contributed by atoms with E-state index in [1.54, 1.807) is 0 Å². The molecule has 0 saturated carbocycles. The van der Waals surface area contributed by atoms with Gasteiger partial charge in [0.15, 0.2) is 0 Å². The summed E-state index contributed by atoms with van der Waals surface area (Å²) in [5, 5.41) is 22.7. The Bertz CT molecular complexity index is 570. The van der Waals surface area contributed by atoms with Crippen molar-refractivity contribution in [3.63, 3.8) is 0 Å². The SMILES string of the molecule is O=[N+]([O-])c1cccnc1NCc1ccc(CO)cc1. The lowest BCUT2D eigenvalue weighted by Crippen LogP contribution is -2.04. The van der Waals surface area contributed by atoms with Gasteiger partial charge >= 0.3 is 5.69 Å². The number of pyridine rings is 1. The number of aromatic nitrogens is 1. The Morgan fingerprint density at radius 3 is 2.53 bits per heavy atom. The monoisotopic (exact) mass is 259 g/mol. The van der Waals surface area contributed by atoms with Crippen LogP contribution in [0.2, 0.25) is 0 Å². The van der Waals surface area contributed by atoms with Gasteiger partial charge < -0.3 is 10.4 Å². The molecule has 0 fully saturated rings. The van der Waals surface area contributed by atoms with E-state index in [0.717, 1.165) is 11.1 Å². The topological polar surface area (TPSA) is 88.3 Å². The summed E-state index contributed by atoms with van der Waals surface area (Å²) in [7, 11) is 0. The second-order valence-corrected chi connectivity index (χ2v) is 3.96. The van der Waals surface area contributed by atoms with E-state index in [-0.39, 0.29) is 18.1 Å². The Balaban J connectivity index is 2.07. The minimum absolute atomic E-state index is 0.000574. The molecule has 0 bridgehead atoms. The van der Waals surface area contributed by atoms with Crippen LogP contribution in [0.4, 0.5) is 11.5 Å². The molecule has 1 heterocycles. The lowest BCUT2D eigenvalue weighted by molar-refractivity contribution is -0.384. The Morgan fingerprint density at radius 1 is 1.21 bits per heavy atom. The summed E-state index contributed by atoms with van der Waals surface area (Å²) in [5.41, 5.74) is 1.74. The molecule has 0 aliphatic carbocycles. The largest absolute Gasteiger partial charge is 0.392 e. The predicted octanol–water partition coefficient (Wildman–Crippen LogP) is 2.09. The van der Waals surface area contributed by atoms with Crippen molar-refractivity contribution in [2.75, 3.05) is 5.32 Å². The van der Waals surface area contributed by atoms with Gasteiger partial charge in [-0.3, -0.25) is 10.1 Å². The molecule has 19 heavy (non-hydrogen) atoms. The van der Waals surface area contributed by atoms with Crippen molar-refractivity contribution in [1.82, 2.24) is 4.98 Å². The number of nitrogens with zero attached hydrogens (tertiary/aromatic N) is 2. The predicted molar refractivity (Wildman–Crippen MR) is 70.6 cm³/mol. The van der Waals surface area contributed by atoms with E-state index < -0.39 is 4.92 Å². The van der Waals surface area contributed by atoms with Crippen LogP contribution in [-0.4, -0.2) is 15.0 Å². The lowest BCUT2D eigenvalue weighted by atomic mass is 10.1. The van der Waals surface area contributed by atoms with E-state index in [1.807, 2.05) is 24.3 Å². The smallest absolute Gasteiger partial charge is 0.311 e. The van der Waals surface area contributed by atoms with Gasteiger partial charge in [0.1, 0.15) is 0 Å². The number of benzene rings is 1. The molecule has 6 heteroatoms. The number of anilines is 1. The Labute approximate surface area is 109 Å². The first-order chi connectivity index (χ1) is 9.20. The highest BCUT2D eigenvalue weighted by Gasteiger charge is 2.13. The van der Waals surface area contributed by atoms with Crippen molar-refractivity contribution < 1.29 is 10.0 Å². The second-order valence-electron chi connectivity index (χ2n) is 3.96. The van der Waals surface area contributed by atoms with Crippen LogP contribution in [-0.2, 0) is 13.2 Å². The first-order valence-electron chi connectivity index (χ1n) is 5.72. The van der Waals surface area contributed by atoms with Gasteiger partial charge in [0.2, 0.25) is 5.82 Å². The molecule has 0 aliphatic rings. The van der Waals surface area contributed by atoms with Gasteiger partial charge in [-0.1, -0.05) is 24.3 Å². The van der Waals surface area contributed by atoms with Crippen molar-refractivity contribution >= 4 is 11.5 Å². The quantitative estimate of drug-likeness (QED) is 0.634. The molecule has 2 rings (SSSR count). The minimum atomic E-state index is -0.468. The summed E-state index contributed by atoms with van der Waals surface area (Å²) >= 11 is 0. The van der Waals surface area contributed by atoms with E-state index in [2.05, 4.69) is 10.3 Å². The minimum Gasteiger partial charge on any atom is -0.392 e. The third-order valence-electron chi connectivity index (χ3n) is 2.65. The molecule has 98 valence electrons. The van der Waals surface area contributed by atoms with Gasteiger partial charge in [0.05, 0.1) is 11.5 Å². The maximum Gasteiger partial charge on any atom is 0.311 e. The third-order valence-corrected chi connectivity index (χ3v) is 2.65. The molecule has 0 amide bonds. The highest BCUT2D eigenvalue weighted by Crippen LogP contribution is 2.20. The molecule has 2 aromatic rings. The normalized spacial score (nSPS) is 10.2. The number of nitrogens with one attached hydrogen (secondary N) is 1. The highest BCUT2D eigenvalue weighted by molar-refractivity contribution is 5.55. The van der Waals surface area contributed by atoms with Crippen LogP contribution in [0.3, 0.4) is 0 Å². The summed E-state index contributed by atoms with van der Waals surface area (Å²) in [6, 6.07) is 10.3. The zero-order valence-electron chi connectivity index (χ0n) is 10.1. The van der Waals surface area contributed by atoms with E-state index >= 15 is 0 Å². The number of hydrogen-bond donors (Lipinski definition) is 2. The number of nitro groups is 1. The molecule has 0 atom stereocenters. The molecular weight excluding hydrogens is 246 g/mol. The van der Waals surface area contributed by atoms with Crippen molar-refractivity contribution in [3.05, 3.63) is 63.8 Å². The molecule has 0 aliphatic heterocycles. The highest BCUT2D eigenvalue weighted by atomic mass is 16.6. The van der Waals surface area contributed by atoms with Crippen molar-refractivity contribution in [3.8, 4) is 0 Å². The van der Waals surface area contributed by atoms with Crippen LogP contribution < -0.4 is 5.32 Å². The summed E-state index contributed by atoms with van der Waals surface area (Å²) in [4.78, 5) is 14.3. The van der Waals surface area contributed by atoms with Crippen LogP contribution in [0, 0.1) is 10.1 Å². The number of rotatable bonds is 5. The van der Waals surface area contributed by atoms with Crippen molar-refractivity contribution in [2.24, 2.45) is 0 Å². The van der Waals surface area contributed by atoms with Crippen LogP contribution in [0.15, 0.2) is 42.6 Å². The molecule has 1 aromatic carbocycles. The maximum absolute atomic E-state index is 10.8. The standard InChI is InChI=1S/C13H13N3O3/c17-9-11-5-3-10(4-6-11)8-15-13-12(16(18)19)2-1-7-14-13/h1-7,17H,8-9H2,(H,14,15). The zero-order valence-corrected chi connectivity index (χ0v) is 10.1. The van der Waals surface area contributed by atoms with Gasteiger partial charge in [-0.2, -0.15) is 0 Å². The lowest BCUT2D eigenvalue weighted by Gasteiger charge is -2.06. The maximum atomic E-state index is 10.8. The molecule has 0 radical (unpaired) electrons. The van der Waals surface area contributed by atoms with Crippen molar-refractivity contribution in [1.29, 1.82) is 0 Å². The van der Waals surface area contributed by atoms with Gasteiger partial charge in [-0.15, -0.1) is 0 Å². The zero-order chi connectivity index (χ0) is 13.7. The molecule has 1 aromatic heterocycles. The van der Waals surface area contributed by atoms with E-state index in [1.165, 1.54) is 18.3 Å². The fourth-order valence-electron chi connectivity index (χ4n) is 1.63. The van der Waals surface area contributed by atoms with E-state index in [0.29, 0.717) is 6.54 Å². The van der Waals surface area contributed by atoms with E-state index in [9.17, 15) is 10.1 Å². The van der Waals surface area contributed by atoms with Crippen LogP contribution in [0.5, 0.6) is 0 Å². The number of aliphatic hydroxyl groups excluding tert-OH is 1. The van der Waals surface area contributed by atoms with Gasteiger partial charge in [0.25, 0.3) is 0 Å². The Hall–Kier alpha value is -2.47. The summed E-state index contributed by atoms with van der Waals surface area (Å²) in [5.74, 6) is 0.249. The van der Waals surface area contributed by atoms with Gasteiger partial charge in [-0.25, -0.2) is 4.98 Å². The summed E-state index contributed by atoms with van der Waals surface area (Å²) < 4.78 is 0. The van der Waals surface area contributed by atoms with E-state index in [4.69, 9.17) is 5.11 Å². The molecule has 6 nitrogen and oxygen atoms in total. The molecule has 0 spiro atoms. The second kappa shape index (κ2) is 5.92. The average Bonchev–Trinajstić information content (AvgIpc) is 2.46. The average molecular weight is 259 g/mol. The molecular formula is C13H13N3O3.